The van der Waals surface area contributed by atoms with Crippen molar-refractivity contribution in [2.75, 3.05) is 51.5 Å². The SMILES string of the molecule is CN/C=C\N(C)CC=N.COc1c(N)cc2c3c1CCCN3CCC2. The predicted octanol–water partition coefficient (Wildman–Crippen LogP) is 2.23. The van der Waals surface area contributed by atoms with Crippen LogP contribution in [0, 0.1) is 5.41 Å². The fourth-order valence-electron chi connectivity index (χ4n) is 3.50. The standard InChI is InChI=1S/C13H18N2O.C6H13N3/c1-16-13-10-5-3-7-15-6-2-4-9(12(10)15)8-11(13)14;1-8-4-6-9(2)5-3-7/h8H,2-7,14H2,1H3;3-4,6-8H,5H2,1-2H3/b;6-4-,7-3?. The number of hydrogen-bond acceptors (Lipinski definition) is 6. The quantitative estimate of drug-likeness (QED) is 0.563. The number of benzene rings is 1. The van der Waals surface area contributed by atoms with Gasteiger partial charge in [0.25, 0.3) is 0 Å². The van der Waals surface area contributed by atoms with Crippen molar-refractivity contribution in [2.24, 2.45) is 0 Å². The summed E-state index contributed by atoms with van der Waals surface area (Å²) < 4.78 is 5.46. The number of anilines is 2. The molecule has 0 spiro atoms. The molecular weight excluding hydrogens is 314 g/mol. The first-order chi connectivity index (χ1) is 12.1. The molecule has 2 aliphatic rings. The van der Waals surface area contributed by atoms with Crippen LogP contribution < -0.4 is 20.7 Å². The molecule has 6 heteroatoms. The number of ether oxygens (including phenoxy) is 1. The fourth-order valence-corrected chi connectivity index (χ4v) is 3.50. The second-order valence-electron chi connectivity index (χ2n) is 6.43. The number of methoxy groups -OCH3 is 1. The van der Waals surface area contributed by atoms with Crippen LogP contribution in [0.3, 0.4) is 0 Å². The molecule has 0 saturated carbocycles. The second-order valence-corrected chi connectivity index (χ2v) is 6.43. The van der Waals surface area contributed by atoms with Crippen LogP contribution in [-0.4, -0.2) is 52.0 Å². The van der Waals surface area contributed by atoms with E-state index in [1.165, 1.54) is 49.0 Å². The highest BCUT2D eigenvalue weighted by atomic mass is 16.5. The van der Waals surface area contributed by atoms with Crippen LogP contribution in [0.5, 0.6) is 5.75 Å². The minimum absolute atomic E-state index is 0.665. The molecule has 0 amide bonds. The molecule has 2 heterocycles. The third-order valence-corrected chi connectivity index (χ3v) is 4.58. The molecule has 4 N–H and O–H groups in total. The Balaban J connectivity index is 0.000000217. The van der Waals surface area contributed by atoms with Crippen molar-refractivity contribution in [2.45, 2.75) is 25.7 Å². The first kappa shape index (κ1) is 19.0. The maximum atomic E-state index is 6.75. The van der Waals surface area contributed by atoms with Gasteiger partial charge in [0.05, 0.1) is 19.3 Å². The summed E-state index contributed by atoms with van der Waals surface area (Å²) >= 11 is 0. The maximum Gasteiger partial charge on any atom is 0.147 e. The number of nitrogens with two attached hydrogens (primary N) is 1. The summed E-state index contributed by atoms with van der Waals surface area (Å²) in [5.41, 5.74) is 11.0. The van der Waals surface area contributed by atoms with E-state index in [2.05, 4.69) is 16.3 Å². The number of aryl methyl sites for hydroxylation is 1. The molecular formula is C19H31N5O. The van der Waals surface area contributed by atoms with E-state index >= 15 is 0 Å². The van der Waals surface area contributed by atoms with Crippen molar-refractivity contribution in [3.8, 4) is 5.75 Å². The molecule has 0 unspecified atom stereocenters. The Morgan fingerprint density at radius 1 is 1.36 bits per heavy atom. The Hall–Kier alpha value is -2.37. The van der Waals surface area contributed by atoms with Gasteiger partial charge in [0.2, 0.25) is 0 Å². The van der Waals surface area contributed by atoms with Gasteiger partial charge in [0, 0.05) is 57.1 Å². The number of nitrogens with one attached hydrogen (secondary N) is 2. The largest absolute Gasteiger partial charge is 0.494 e. The zero-order valence-corrected chi connectivity index (χ0v) is 15.6. The maximum absolute atomic E-state index is 6.75. The molecule has 0 atom stereocenters. The van der Waals surface area contributed by atoms with Crippen LogP contribution in [0.25, 0.3) is 0 Å². The number of hydrogen-bond donors (Lipinski definition) is 3. The minimum Gasteiger partial charge on any atom is -0.494 e. The van der Waals surface area contributed by atoms with Crippen LogP contribution >= 0.6 is 0 Å². The molecule has 1 aromatic rings. The van der Waals surface area contributed by atoms with Crippen molar-refractivity contribution >= 4 is 17.6 Å². The molecule has 0 saturated heterocycles. The van der Waals surface area contributed by atoms with Crippen LogP contribution in [0.2, 0.25) is 0 Å². The smallest absolute Gasteiger partial charge is 0.147 e. The van der Waals surface area contributed by atoms with E-state index < -0.39 is 0 Å². The van der Waals surface area contributed by atoms with Gasteiger partial charge in [-0.3, -0.25) is 0 Å². The molecule has 0 bridgehead atoms. The highest BCUT2D eigenvalue weighted by Crippen LogP contribution is 2.43. The molecule has 25 heavy (non-hydrogen) atoms. The van der Waals surface area contributed by atoms with Crippen LogP contribution in [0.4, 0.5) is 11.4 Å². The molecule has 3 rings (SSSR count). The molecule has 1 aromatic carbocycles. The lowest BCUT2D eigenvalue weighted by Gasteiger charge is -2.37. The van der Waals surface area contributed by atoms with E-state index in [9.17, 15) is 0 Å². The van der Waals surface area contributed by atoms with E-state index in [4.69, 9.17) is 15.9 Å². The molecule has 2 aliphatic heterocycles. The van der Waals surface area contributed by atoms with Crippen molar-refractivity contribution < 1.29 is 4.74 Å². The van der Waals surface area contributed by atoms with Gasteiger partial charge in [0.1, 0.15) is 5.75 Å². The molecule has 0 radical (unpaired) electrons. The molecule has 0 aliphatic carbocycles. The van der Waals surface area contributed by atoms with Crippen molar-refractivity contribution in [3.63, 3.8) is 0 Å². The summed E-state index contributed by atoms with van der Waals surface area (Å²) in [4.78, 5) is 4.41. The average molecular weight is 345 g/mol. The van der Waals surface area contributed by atoms with Gasteiger partial charge < -0.3 is 31.0 Å². The normalized spacial score (nSPS) is 15.1. The van der Waals surface area contributed by atoms with E-state index in [1.807, 2.05) is 31.4 Å². The van der Waals surface area contributed by atoms with Gasteiger partial charge >= 0.3 is 0 Å². The molecule has 138 valence electrons. The lowest BCUT2D eigenvalue weighted by Crippen LogP contribution is -2.34. The van der Waals surface area contributed by atoms with Crippen LogP contribution in [0.15, 0.2) is 18.5 Å². The van der Waals surface area contributed by atoms with E-state index in [0.29, 0.717) is 6.54 Å². The first-order valence-electron chi connectivity index (χ1n) is 8.88. The molecule has 6 nitrogen and oxygen atoms in total. The van der Waals surface area contributed by atoms with Crippen molar-refractivity contribution in [3.05, 3.63) is 29.6 Å². The fraction of sp³-hybridized carbons (Fsp3) is 0.526. The van der Waals surface area contributed by atoms with Gasteiger partial charge in [-0.25, -0.2) is 0 Å². The third-order valence-electron chi connectivity index (χ3n) is 4.58. The summed E-state index contributed by atoms with van der Waals surface area (Å²) in [6.45, 7) is 3.04. The monoisotopic (exact) mass is 345 g/mol. The lowest BCUT2D eigenvalue weighted by atomic mass is 9.90. The van der Waals surface area contributed by atoms with Crippen molar-refractivity contribution in [1.29, 1.82) is 5.41 Å². The zero-order valence-electron chi connectivity index (χ0n) is 15.6. The highest BCUT2D eigenvalue weighted by Gasteiger charge is 2.27. The topological polar surface area (TPSA) is 77.6 Å². The summed E-state index contributed by atoms with van der Waals surface area (Å²) in [6.07, 6.45) is 9.79. The summed E-state index contributed by atoms with van der Waals surface area (Å²) in [5.74, 6) is 0.908. The Labute approximate surface area is 151 Å². The summed E-state index contributed by atoms with van der Waals surface area (Å²) in [5, 5.41) is 9.61. The summed E-state index contributed by atoms with van der Waals surface area (Å²) in [7, 11) is 5.48. The van der Waals surface area contributed by atoms with E-state index in [-0.39, 0.29) is 0 Å². The average Bonchev–Trinajstić information content (AvgIpc) is 2.61. The second kappa shape index (κ2) is 9.20. The number of nitrogen functional groups attached to an aromatic ring is 1. The molecule has 0 fully saturated rings. The zero-order chi connectivity index (χ0) is 18.2. The Morgan fingerprint density at radius 3 is 2.72 bits per heavy atom. The summed E-state index contributed by atoms with van der Waals surface area (Å²) in [6, 6.07) is 2.11. The highest BCUT2D eigenvalue weighted by molar-refractivity contribution is 5.74. The predicted molar refractivity (Wildman–Crippen MR) is 106 cm³/mol. The Kier molecular flexibility index (Phi) is 6.98. The van der Waals surface area contributed by atoms with Crippen molar-refractivity contribution in [1.82, 2.24) is 10.2 Å². The van der Waals surface area contributed by atoms with Gasteiger partial charge in [-0.05, 0) is 37.3 Å². The van der Waals surface area contributed by atoms with Gasteiger partial charge in [0.15, 0.2) is 0 Å². The molecule has 0 aromatic heterocycles. The Bertz CT molecular complexity index is 612. The number of rotatable bonds is 5. The Morgan fingerprint density at radius 2 is 2.08 bits per heavy atom. The first-order valence-corrected chi connectivity index (χ1v) is 8.88. The van der Waals surface area contributed by atoms with Gasteiger partial charge in [-0.1, -0.05) is 0 Å². The van der Waals surface area contributed by atoms with Crippen LogP contribution in [-0.2, 0) is 12.8 Å². The van der Waals surface area contributed by atoms with Gasteiger partial charge in [-0.2, -0.15) is 0 Å². The van der Waals surface area contributed by atoms with E-state index in [1.54, 1.807) is 7.11 Å². The third kappa shape index (κ3) is 4.59. The number of nitrogens with zero attached hydrogens (tertiary/aromatic N) is 2. The lowest BCUT2D eigenvalue weighted by molar-refractivity contribution is 0.409. The van der Waals surface area contributed by atoms with Gasteiger partial charge in [-0.15, -0.1) is 0 Å². The van der Waals surface area contributed by atoms with Crippen LogP contribution in [0.1, 0.15) is 24.0 Å². The minimum atomic E-state index is 0.665. The van der Waals surface area contributed by atoms with E-state index in [0.717, 1.165) is 24.3 Å².